The molecule has 1 amide bonds. The van der Waals surface area contributed by atoms with Crippen LogP contribution in [0, 0.1) is 0 Å². The van der Waals surface area contributed by atoms with Crippen molar-refractivity contribution in [3.05, 3.63) is 71.8 Å². The van der Waals surface area contributed by atoms with Crippen molar-refractivity contribution in [1.82, 2.24) is 15.2 Å². The number of carbonyl (C=O) groups excluding carboxylic acids is 1. The number of rotatable bonds is 9. The van der Waals surface area contributed by atoms with Crippen molar-refractivity contribution in [2.75, 3.05) is 69.2 Å². The Morgan fingerprint density at radius 3 is 2.45 bits per heavy atom. The number of amides is 1. The molecule has 2 aliphatic rings. The van der Waals surface area contributed by atoms with Gasteiger partial charge in [-0.1, -0.05) is 29.5 Å². The van der Waals surface area contributed by atoms with E-state index in [9.17, 15) is 13.2 Å². The number of carbonyl (C=O) groups is 1. The third-order valence-electron chi connectivity index (χ3n) is 7.80. The highest BCUT2D eigenvalue weighted by Gasteiger charge is 2.30. The average Bonchev–Trinajstić information content (AvgIpc) is 3.66. The Balaban J connectivity index is 0.997. The lowest BCUT2D eigenvalue weighted by Crippen LogP contribution is -2.48. The first-order valence-electron chi connectivity index (χ1n) is 13.9. The maximum atomic E-state index is 13.2. The number of hydrogen-bond donors (Lipinski definition) is 1. The number of nitrogens with one attached hydrogen (secondary N) is 1. The van der Waals surface area contributed by atoms with Gasteiger partial charge in [-0.3, -0.25) is 14.0 Å². The summed E-state index contributed by atoms with van der Waals surface area (Å²) in [5, 5.41) is 3.93. The van der Waals surface area contributed by atoms with Crippen molar-refractivity contribution in [3.8, 4) is 11.5 Å². The minimum atomic E-state index is -3.69. The molecule has 42 heavy (non-hydrogen) atoms. The van der Waals surface area contributed by atoms with Crippen LogP contribution < -0.4 is 24.0 Å². The normalized spacial score (nSPS) is 15.6. The third kappa shape index (κ3) is 5.37. The fourth-order valence-corrected chi connectivity index (χ4v) is 8.01. The highest BCUT2D eigenvalue weighted by molar-refractivity contribution is 7.92. The molecule has 3 aromatic carbocycles. The molecule has 10 nitrogen and oxygen atoms in total. The average molecular weight is 608 g/mol. The third-order valence-corrected chi connectivity index (χ3v) is 10.7. The maximum absolute atomic E-state index is 13.2. The molecule has 0 spiro atoms. The topological polar surface area (TPSA) is 104 Å². The molecule has 0 saturated carbocycles. The molecule has 4 aromatic rings. The number of hydrogen-bond acceptors (Lipinski definition) is 9. The molecule has 0 aliphatic carbocycles. The van der Waals surface area contributed by atoms with Crippen LogP contribution in [0.3, 0.4) is 0 Å². The molecule has 1 fully saturated rings. The van der Waals surface area contributed by atoms with Gasteiger partial charge in [-0.15, -0.1) is 0 Å². The van der Waals surface area contributed by atoms with E-state index in [4.69, 9.17) is 14.5 Å². The number of para-hydroxylation sites is 1. The summed E-state index contributed by atoms with van der Waals surface area (Å²) in [6.45, 7) is 5.04. The Morgan fingerprint density at radius 2 is 1.71 bits per heavy atom. The lowest BCUT2D eigenvalue weighted by molar-refractivity contribution is 0.0947. The fraction of sp³-hybridized carbons (Fsp3) is 0.333. The maximum Gasteiger partial charge on any atom is 0.264 e. The second-order valence-electron chi connectivity index (χ2n) is 10.2. The second-order valence-corrected chi connectivity index (χ2v) is 13.1. The van der Waals surface area contributed by atoms with Crippen LogP contribution in [-0.4, -0.2) is 84.2 Å². The first kappa shape index (κ1) is 28.3. The SMILES string of the molecule is COc1ccc2sc(N3CCN(CCNC(=O)c4ccc(S(=O)(=O)N5CCc6ccccc65)cc4)CC3)nc2c1OC. The molecular weight excluding hydrogens is 574 g/mol. The number of thiazole rings is 1. The molecule has 3 heterocycles. The van der Waals surface area contributed by atoms with Gasteiger partial charge >= 0.3 is 0 Å². The smallest absolute Gasteiger partial charge is 0.264 e. The van der Waals surface area contributed by atoms with Gasteiger partial charge in [0.15, 0.2) is 16.6 Å². The molecule has 1 saturated heterocycles. The molecule has 1 N–H and O–H groups in total. The predicted molar refractivity (Wildman–Crippen MR) is 165 cm³/mol. The zero-order valence-electron chi connectivity index (χ0n) is 23.6. The predicted octanol–water partition coefficient (Wildman–Crippen LogP) is 3.62. The molecule has 0 unspecified atom stereocenters. The lowest BCUT2D eigenvalue weighted by atomic mass is 10.2. The number of nitrogens with zero attached hydrogens (tertiary/aromatic N) is 4. The second kappa shape index (κ2) is 11.8. The number of methoxy groups -OCH3 is 2. The van der Waals surface area contributed by atoms with E-state index in [-0.39, 0.29) is 10.8 Å². The van der Waals surface area contributed by atoms with Crippen LogP contribution in [0.1, 0.15) is 15.9 Å². The highest BCUT2D eigenvalue weighted by atomic mass is 32.2. The van der Waals surface area contributed by atoms with Crippen LogP contribution in [0.4, 0.5) is 10.8 Å². The number of ether oxygens (including phenoxy) is 2. The largest absolute Gasteiger partial charge is 0.493 e. The summed E-state index contributed by atoms with van der Waals surface area (Å²) >= 11 is 1.64. The van der Waals surface area contributed by atoms with Gasteiger partial charge in [0.05, 0.1) is 29.5 Å². The standard InChI is InChI=1S/C30H33N5O5S2/c1-39-25-11-12-26-27(28(25)40-2)32-30(41-26)34-19-17-33(18-20-34)16-14-31-29(36)22-7-9-23(10-8-22)42(37,38)35-15-13-21-5-3-4-6-24(21)35/h3-12H,13-20H2,1-2H3,(H,31,36). The first-order chi connectivity index (χ1) is 20.4. The van der Waals surface area contributed by atoms with Crippen LogP contribution in [-0.2, 0) is 16.4 Å². The van der Waals surface area contributed by atoms with Crippen molar-refractivity contribution in [2.45, 2.75) is 11.3 Å². The van der Waals surface area contributed by atoms with Crippen molar-refractivity contribution >= 4 is 48.3 Å². The van der Waals surface area contributed by atoms with E-state index >= 15 is 0 Å². The molecule has 1 aromatic heterocycles. The van der Waals surface area contributed by atoms with Crippen LogP contribution in [0.5, 0.6) is 11.5 Å². The molecule has 0 atom stereocenters. The monoisotopic (exact) mass is 607 g/mol. The van der Waals surface area contributed by atoms with E-state index in [1.54, 1.807) is 37.7 Å². The van der Waals surface area contributed by atoms with Gasteiger partial charge in [0.2, 0.25) is 0 Å². The number of aromatic nitrogens is 1. The Hall–Kier alpha value is -3.87. The molecule has 2 aliphatic heterocycles. The van der Waals surface area contributed by atoms with E-state index in [0.29, 0.717) is 36.6 Å². The summed E-state index contributed by atoms with van der Waals surface area (Å²) in [5.41, 5.74) is 3.00. The highest BCUT2D eigenvalue weighted by Crippen LogP contribution is 2.40. The summed E-state index contributed by atoms with van der Waals surface area (Å²) in [7, 11) is -0.441. The van der Waals surface area contributed by atoms with Crippen LogP contribution >= 0.6 is 11.3 Å². The zero-order valence-corrected chi connectivity index (χ0v) is 25.2. The minimum Gasteiger partial charge on any atom is -0.493 e. The van der Waals surface area contributed by atoms with Crippen molar-refractivity contribution in [1.29, 1.82) is 0 Å². The molecule has 220 valence electrons. The Labute approximate surface area is 249 Å². The van der Waals surface area contributed by atoms with Crippen molar-refractivity contribution in [3.63, 3.8) is 0 Å². The van der Waals surface area contributed by atoms with Gasteiger partial charge < -0.3 is 19.7 Å². The number of sulfonamides is 1. The zero-order chi connectivity index (χ0) is 29.3. The summed E-state index contributed by atoms with van der Waals surface area (Å²) in [6.07, 6.45) is 0.692. The van der Waals surface area contributed by atoms with Gasteiger partial charge in [-0.2, -0.15) is 0 Å². The first-order valence-corrected chi connectivity index (χ1v) is 16.1. The van der Waals surface area contributed by atoms with Crippen molar-refractivity contribution < 1.29 is 22.7 Å². The van der Waals surface area contributed by atoms with Crippen LogP contribution in [0.2, 0.25) is 0 Å². The molecule has 12 heteroatoms. The molecule has 0 radical (unpaired) electrons. The number of piperazine rings is 1. The summed E-state index contributed by atoms with van der Waals surface area (Å²) < 4.78 is 39.9. The van der Waals surface area contributed by atoms with Crippen LogP contribution in [0.15, 0.2) is 65.6 Å². The minimum absolute atomic E-state index is 0.180. The molecule has 6 rings (SSSR count). The van der Waals surface area contributed by atoms with Gasteiger partial charge in [0, 0.05) is 51.4 Å². The van der Waals surface area contributed by atoms with Crippen molar-refractivity contribution in [2.24, 2.45) is 0 Å². The summed E-state index contributed by atoms with van der Waals surface area (Å²) in [6, 6.07) is 17.6. The van der Waals surface area contributed by atoms with E-state index in [0.717, 1.165) is 59.3 Å². The van der Waals surface area contributed by atoms with E-state index in [2.05, 4.69) is 15.1 Å². The van der Waals surface area contributed by atoms with Gasteiger partial charge in [-0.25, -0.2) is 13.4 Å². The van der Waals surface area contributed by atoms with E-state index in [1.165, 1.54) is 16.4 Å². The Bertz CT molecular complexity index is 1700. The van der Waals surface area contributed by atoms with Gasteiger partial charge in [0.25, 0.3) is 15.9 Å². The van der Waals surface area contributed by atoms with E-state index < -0.39 is 10.0 Å². The molecular formula is C30H33N5O5S2. The van der Waals surface area contributed by atoms with Gasteiger partial charge in [0.1, 0.15) is 5.52 Å². The number of fused-ring (bicyclic) bond motifs is 2. The number of anilines is 2. The molecule has 0 bridgehead atoms. The van der Waals surface area contributed by atoms with Crippen LogP contribution in [0.25, 0.3) is 10.2 Å². The summed E-state index contributed by atoms with van der Waals surface area (Å²) in [4.78, 5) is 22.4. The summed E-state index contributed by atoms with van der Waals surface area (Å²) in [5.74, 6) is 1.10. The van der Waals surface area contributed by atoms with E-state index in [1.807, 2.05) is 36.4 Å². The Kier molecular flexibility index (Phi) is 7.93. The van der Waals surface area contributed by atoms with Gasteiger partial charge in [-0.05, 0) is 54.4 Å². The lowest BCUT2D eigenvalue weighted by Gasteiger charge is -2.34. The number of benzene rings is 3. The quantitative estimate of drug-likeness (QED) is 0.308. The Morgan fingerprint density at radius 1 is 0.952 bits per heavy atom. The fourth-order valence-electron chi connectivity index (χ4n) is 5.49.